The number of rotatable bonds is 10. The van der Waals surface area contributed by atoms with Crippen LogP contribution in [0.4, 0.5) is 5.69 Å². The maximum Gasteiger partial charge on any atom is 0.256 e. The molecule has 1 saturated carbocycles. The first-order chi connectivity index (χ1) is 15.0. The van der Waals surface area contributed by atoms with Gasteiger partial charge in [0.2, 0.25) is 0 Å². The van der Waals surface area contributed by atoms with Crippen molar-refractivity contribution in [3.05, 3.63) is 24.3 Å². The Morgan fingerprint density at radius 1 is 1.10 bits per heavy atom. The van der Waals surface area contributed by atoms with E-state index in [0.29, 0.717) is 18.6 Å². The van der Waals surface area contributed by atoms with E-state index in [0.717, 1.165) is 63.1 Å². The summed E-state index contributed by atoms with van der Waals surface area (Å²) in [5, 5.41) is 3.09. The van der Waals surface area contributed by atoms with Crippen molar-refractivity contribution in [2.24, 2.45) is 5.92 Å². The second-order valence-electron chi connectivity index (χ2n) is 9.59. The second-order valence-corrected chi connectivity index (χ2v) is 9.59. The number of hydrogen-bond donors (Lipinski definition) is 1. The van der Waals surface area contributed by atoms with E-state index in [1.165, 1.54) is 25.8 Å². The molecule has 1 N–H and O–H groups in total. The van der Waals surface area contributed by atoms with Crippen LogP contribution in [0.3, 0.4) is 0 Å². The predicted octanol–water partition coefficient (Wildman–Crippen LogP) is 5.64. The average Bonchev–Trinajstić information content (AvgIpc) is 2.79. The maximum absolute atomic E-state index is 13.1. The standard InChI is InChI=1S/C26H42N2O3/c1-4-19-31-26(15-13-21(2)14-16-26)25(29)27-23-9-11-24(12-10-23)30-20-7-18-28-17-6-5-8-22(28)3/h9-12,21-22H,4-8,13-20H2,1-3H3,(H,27,29)/t21?,22-,26?/m1/s1. The van der Waals surface area contributed by atoms with Crippen molar-refractivity contribution in [2.75, 3.05) is 31.6 Å². The third kappa shape index (κ3) is 6.95. The summed E-state index contributed by atoms with van der Waals surface area (Å²) in [4.78, 5) is 15.7. The molecule has 1 aliphatic carbocycles. The van der Waals surface area contributed by atoms with Crippen LogP contribution in [-0.4, -0.2) is 48.8 Å². The quantitative estimate of drug-likeness (QED) is 0.488. The summed E-state index contributed by atoms with van der Waals surface area (Å²) in [7, 11) is 0. The van der Waals surface area contributed by atoms with E-state index in [2.05, 4.69) is 31.0 Å². The van der Waals surface area contributed by atoms with Gasteiger partial charge in [-0.15, -0.1) is 0 Å². The van der Waals surface area contributed by atoms with E-state index >= 15 is 0 Å². The molecular weight excluding hydrogens is 388 g/mol. The molecular formula is C26H42N2O3. The topological polar surface area (TPSA) is 50.8 Å². The number of ether oxygens (including phenoxy) is 2. The third-order valence-corrected chi connectivity index (χ3v) is 6.99. The van der Waals surface area contributed by atoms with Crippen LogP contribution in [-0.2, 0) is 9.53 Å². The summed E-state index contributed by atoms with van der Waals surface area (Å²) in [6.07, 6.45) is 9.65. The molecule has 0 radical (unpaired) electrons. The Hall–Kier alpha value is -1.59. The van der Waals surface area contributed by atoms with Gasteiger partial charge in [-0.25, -0.2) is 0 Å². The van der Waals surface area contributed by atoms with Gasteiger partial charge in [-0.05, 0) is 95.0 Å². The van der Waals surface area contributed by atoms with Crippen molar-refractivity contribution < 1.29 is 14.3 Å². The van der Waals surface area contributed by atoms with Crippen molar-refractivity contribution in [1.29, 1.82) is 0 Å². The fraction of sp³-hybridized carbons (Fsp3) is 0.731. The predicted molar refractivity (Wildman–Crippen MR) is 127 cm³/mol. The molecule has 1 amide bonds. The molecule has 1 aromatic carbocycles. The van der Waals surface area contributed by atoms with Gasteiger partial charge in [0.05, 0.1) is 6.61 Å². The van der Waals surface area contributed by atoms with E-state index in [-0.39, 0.29) is 5.91 Å². The number of nitrogens with one attached hydrogen (secondary N) is 1. The van der Waals surface area contributed by atoms with Crippen LogP contribution in [0, 0.1) is 5.92 Å². The molecule has 5 nitrogen and oxygen atoms in total. The van der Waals surface area contributed by atoms with Crippen molar-refractivity contribution in [1.82, 2.24) is 4.90 Å². The second kappa shape index (κ2) is 11.9. The molecule has 3 rings (SSSR count). The Labute approximate surface area is 188 Å². The Bertz CT molecular complexity index is 662. The minimum atomic E-state index is -0.677. The highest BCUT2D eigenvalue weighted by molar-refractivity contribution is 5.97. The van der Waals surface area contributed by atoms with Crippen LogP contribution < -0.4 is 10.1 Å². The highest BCUT2D eigenvalue weighted by Crippen LogP contribution is 2.36. The molecule has 0 spiro atoms. The van der Waals surface area contributed by atoms with E-state index in [1.807, 2.05) is 24.3 Å². The lowest BCUT2D eigenvalue weighted by Crippen LogP contribution is -2.48. The van der Waals surface area contributed by atoms with Gasteiger partial charge in [0.25, 0.3) is 5.91 Å². The lowest BCUT2D eigenvalue weighted by molar-refractivity contribution is -0.147. The first kappa shape index (κ1) is 24.1. The third-order valence-electron chi connectivity index (χ3n) is 6.99. The number of amides is 1. The van der Waals surface area contributed by atoms with Crippen LogP contribution >= 0.6 is 0 Å². The average molecular weight is 431 g/mol. The van der Waals surface area contributed by atoms with Crippen molar-refractivity contribution in [2.45, 2.75) is 90.2 Å². The molecule has 174 valence electrons. The molecule has 0 aromatic heterocycles. The molecule has 1 saturated heterocycles. The van der Waals surface area contributed by atoms with Gasteiger partial charge >= 0.3 is 0 Å². The summed E-state index contributed by atoms with van der Waals surface area (Å²) in [6.45, 7) is 10.4. The van der Waals surface area contributed by atoms with Crippen LogP contribution in [0.1, 0.15) is 78.6 Å². The number of benzene rings is 1. The number of piperidine rings is 1. The molecule has 1 heterocycles. The number of carbonyl (C=O) groups is 1. The monoisotopic (exact) mass is 430 g/mol. The molecule has 0 bridgehead atoms. The van der Waals surface area contributed by atoms with E-state index in [9.17, 15) is 4.79 Å². The van der Waals surface area contributed by atoms with E-state index in [1.54, 1.807) is 0 Å². The minimum absolute atomic E-state index is 0.00262. The van der Waals surface area contributed by atoms with Crippen LogP contribution in [0.2, 0.25) is 0 Å². The molecule has 1 aromatic rings. The van der Waals surface area contributed by atoms with Gasteiger partial charge < -0.3 is 19.7 Å². The Morgan fingerprint density at radius 3 is 2.52 bits per heavy atom. The number of hydrogen-bond acceptors (Lipinski definition) is 4. The van der Waals surface area contributed by atoms with Gasteiger partial charge in [0.1, 0.15) is 11.4 Å². The van der Waals surface area contributed by atoms with Crippen LogP contribution in [0.5, 0.6) is 5.75 Å². The highest BCUT2D eigenvalue weighted by atomic mass is 16.5. The van der Waals surface area contributed by atoms with E-state index in [4.69, 9.17) is 9.47 Å². The summed E-state index contributed by atoms with van der Waals surface area (Å²) in [6, 6.07) is 8.45. The molecule has 31 heavy (non-hydrogen) atoms. The SMILES string of the molecule is CCCOC1(C(=O)Nc2ccc(OCCCN3CCCC[C@H]3C)cc2)CCC(C)CC1. The lowest BCUT2D eigenvalue weighted by atomic mass is 9.78. The highest BCUT2D eigenvalue weighted by Gasteiger charge is 2.42. The van der Waals surface area contributed by atoms with Crippen LogP contribution in [0.15, 0.2) is 24.3 Å². The number of carbonyl (C=O) groups excluding carboxylic acids is 1. The summed E-state index contributed by atoms with van der Waals surface area (Å²) >= 11 is 0. The number of anilines is 1. The normalized spacial score (nSPS) is 27.1. The smallest absolute Gasteiger partial charge is 0.256 e. The molecule has 0 unspecified atom stereocenters. The summed E-state index contributed by atoms with van der Waals surface area (Å²) in [5.41, 5.74) is 0.126. The van der Waals surface area contributed by atoms with Crippen LogP contribution in [0.25, 0.3) is 0 Å². The Kier molecular flexibility index (Phi) is 9.21. The zero-order chi connectivity index (χ0) is 22.1. The number of nitrogens with zero attached hydrogens (tertiary/aromatic N) is 1. The van der Waals surface area contributed by atoms with Gasteiger partial charge in [-0.1, -0.05) is 20.3 Å². The summed E-state index contributed by atoms with van der Waals surface area (Å²) in [5.74, 6) is 1.52. The Balaban J connectivity index is 1.46. The van der Waals surface area contributed by atoms with Gasteiger partial charge in [-0.2, -0.15) is 0 Å². The number of likely N-dealkylation sites (tertiary alicyclic amines) is 1. The zero-order valence-corrected chi connectivity index (χ0v) is 19.8. The van der Waals surface area contributed by atoms with Gasteiger partial charge in [0.15, 0.2) is 0 Å². The maximum atomic E-state index is 13.1. The van der Waals surface area contributed by atoms with Gasteiger partial charge in [0, 0.05) is 24.9 Å². The molecule has 5 heteroatoms. The molecule has 1 atom stereocenters. The Morgan fingerprint density at radius 2 is 1.84 bits per heavy atom. The fourth-order valence-corrected chi connectivity index (χ4v) is 4.79. The van der Waals surface area contributed by atoms with E-state index < -0.39 is 5.60 Å². The molecule has 1 aliphatic heterocycles. The van der Waals surface area contributed by atoms with Crippen molar-refractivity contribution in [3.63, 3.8) is 0 Å². The zero-order valence-electron chi connectivity index (χ0n) is 19.8. The van der Waals surface area contributed by atoms with Gasteiger partial charge in [-0.3, -0.25) is 4.79 Å². The fourth-order valence-electron chi connectivity index (χ4n) is 4.79. The minimum Gasteiger partial charge on any atom is -0.494 e. The first-order valence-corrected chi connectivity index (χ1v) is 12.4. The van der Waals surface area contributed by atoms with Crippen molar-refractivity contribution in [3.8, 4) is 5.75 Å². The molecule has 2 fully saturated rings. The molecule has 2 aliphatic rings. The first-order valence-electron chi connectivity index (χ1n) is 12.4. The largest absolute Gasteiger partial charge is 0.494 e. The summed E-state index contributed by atoms with van der Waals surface area (Å²) < 4.78 is 12.0. The lowest BCUT2D eigenvalue weighted by Gasteiger charge is -2.38. The van der Waals surface area contributed by atoms with Crippen molar-refractivity contribution >= 4 is 11.6 Å².